The lowest BCUT2D eigenvalue weighted by atomic mass is 9.93. The molecule has 0 saturated carbocycles. The van der Waals surface area contributed by atoms with E-state index in [-0.39, 0.29) is 5.41 Å². The second kappa shape index (κ2) is 5.70. The molecular formula is C16H15N5S. The summed E-state index contributed by atoms with van der Waals surface area (Å²) < 4.78 is 0. The Kier molecular flexibility index (Phi) is 3.73. The van der Waals surface area contributed by atoms with Crippen LogP contribution in [0, 0.1) is 11.8 Å². The van der Waals surface area contributed by atoms with E-state index in [1.54, 1.807) is 11.3 Å². The van der Waals surface area contributed by atoms with Gasteiger partial charge >= 0.3 is 0 Å². The van der Waals surface area contributed by atoms with Crippen LogP contribution in [0.25, 0.3) is 11.4 Å². The number of benzene rings is 1. The molecule has 6 heteroatoms. The van der Waals surface area contributed by atoms with Gasteiger partial charge in [0.25, 0.3) is 0 Å². The van der Waals surface area contributed by atoms with Crippen molar-refractivity contribution in [3.05, 3.63) is 45.9 Å². The predicted molar refractivity (Wildman–Crippen MR) is 86.4 cm³/mol. The van der Waals surface area contributed by atoms with E-state index in [0.29, 0.717) is 5.82 Å². The van der Waals surface area contributed by atoms with Gasteiger partial charge in [0, 0.05) is 21.9 Å². The molecule has 0 bridgehead atoms. The molecule has 0 saturated heterocycles. The molecule has 0 unspecified atom stereocenters. The summed E-state index contributed by atoms with van der Waals surface area (Å²) >= 11 is 1.57. The molecule has 0 aliphatic heterocycles. The molecule has 3 aromatic rings. The Morgan fingerprint density at radius 2 is 2.05 bits per heavy atom. The average molecular weight is 309 g/mol. The van der Waals surface area contributed by atoms with E-state index in [4.69, 9.17) is 0 Å². The lowest BCUT2D eigenvalue weighted by molar-refractivity contribution is 0.572. The highest BCUT2D eigenvalue weighted by atomic mass is 32.1. The van der Waals surface area contributed by atoms with Gasteiger partial charge in [0.15, 0.2) is 5.01 Å². The Morgan fingerprint density at radius 3 is 2.73 bits per heavy atom. The van der Waals surface area contributed by atoms with Crippen molar-refractivity contribution < 1.29 is 0 Å². The van der Waals surface area contributed by atoms with Crippen LogP contribution in [-0.2, 0) is 5.41 Å². The molecule has 22 heavy (non-hydrogen) atoms. The van der Waals surface area contributed by atoms with Crippen molar-refractivity contribution in [2.24, 2.45) is 0 Å². The van der Waals surface area contributed by atoms with Gasteiger partial charge in [-0.15, -0.1) is 21.5 Å². The number of nitrogens with zero attached hydrogens (tertiary/aromatic N) is 4. The van der Waals surface area contributed by atoms with Gasteiger partial charge in [-0.3, -0.25) is 0 Å². The summed E-state index contributed by atoms with van der Waals surface area (Å²) in [6.07, 6.45) is 0. The lowest BCUT2D eigenvalue weighted by Crippen LogP contribution is -2.11. The van der Waals surface area contributed by atoms with Crippen molar-refractivity contribution in [3.8, 4) is 23.2 Å². The number of nitrogens with one attached hydrogen (secondary N) is 1. The summed E-state index contributed by atoms with van der Waals surface area (Å²) in [5.41, 5.74) is 2.90. The van der Waals surface area contributed by atoms with Crippen LogP contribution >= 0.6 is 11.3 Å². The van der Waals surface area contributed by atoms with Crippen molar-refractivity contribution in [2.75, 3.05) is 0 Å². The largest absolute Gasteiger partial charge is 0.232 e. The van der Waals surface area contributed by atoms with Gasteiger partial charge in [-0.1, -0.05) is 38.8 Å². The second-order valence-corrected chi connectivity index (χ2v) is 6.71. The maximum atomic E-state index is 4.57. The highest BCUT2D eigenvalue weighted by Crippen LogP contribution is 2.23. The summed E-state index contributed by atoms with van der Waals surface area (Å²) in [4.78, 5) is 4.57. The third kappa shape index (κ3) is 3.21. The van der Waals surface area contributed by atoms with Gasteiger partial charge < -0.3 is 0 Å². The molecule has 3 rings (SSSR count). The molecular weight excluding hydrogens is 294 g/mol. The topological polar surface area (TPSA) is 67.3 Å². The number of tetrazole rings is 1. The fourth-order valence-electron chi connectivity index (χ4n) is 1.82. The normalized spacial score (nSPS) is 11.0. The average Bonchev–Trinajstić information content (AvgIpc) is 3.16. The van der Waals surface area contributed by atoms with Crippen LogP contribution in [0.5, 0.6) is 0 Å². The molecule has 0 aliphatic carbocycles. The molecule has 0 spiro atoms. The fraction of sp³-hybridized carbons (Fsp3) is 0.250. The van der Waals surface area contributed by atoms with Crippen LogP contribution in [-0.4, -0.2) is 25.6 Å². The zero-order valence-corrected chi connectivity index (χ0v) is 13.4. The maximum absolute atomic E-state index is 4.57. The third-order valence-corrected chi connectivity index (χ3v) is 3.81. The summed E-state index contributed by atoms with van der Waals surface area (Å²) in [6.45, 7) is 6.44. The van der Waals surface area contributed by atoms with Crippen molar-refractivity contribution in [3.63, 3.8) is 0 Å². The van der Waals surface area contributed by atoms with Crippen LogP contribution in [0.1, 0.15) is 37.0 Å². The van der Waals surface area contributed by atoms with Gasteiger partial charge in [0.2, 0.25) is 5.82 Å². The second-order valence-electron chi connectivity index (χ2n) is 5.85. The molecule has 2 heterocycles. The quantitative estimate of drug-likeness (QED) is 0.702. The minimum absolute atomic E-state index is 0.0506. The maximum Gasteiger partial charge on any atom is 0.204 e. The van der Waals surface area contributed by atoms with Crippen LogP contribution in [0.4, 0.5) is 0 Å². The number of hydrogen-bond acceptors (Lipinski definition) is 5. The van der Waals surface area contributed by atoms with Crippen LogP contribution < -0.4 is 0 Å². The van der Waals surface area contributed by atoms with E-state index in [0.717, 1.165) is 21.8 Å². The molecule has 5 nitrogen and oxygen atoms in total. The van der Waals surface area contributed by atoms with Gasteiger partial charge in [0.1, 0.15) is 0 Å². The predicted octanol–water partition coefficient (Wildman–Crippen LogP) is 3.02. The first kappa shape index (κ1) is 14.4. The highest BCUT2D eigenvalue weighted by molar-refractivity contribution is 7.10. The van der Waals surface area contributed by atoms with Crippen LogP contribution in [0.15, 0.2) is 29.6 Å². The van der Waals surface area contributed by atoms with Crippen molar-refractivity contribution >= 4 is 11.3 Å². The standard InChI is InChI=1S/C16H15N5S/c1-16(2,3)13-10-22-14(17-13)8-7-11-5-4-6-12(9-11)15-18-20-21-19-15/h4-6,9-10H,1-3H3,(H,18,19,20,21). The first-order chi connectivity index (χ1) is 10.5. The first-order valence-corrected chi connectivity index (χ1v) is 7.72. The Hall–Kier alpha value is -2.52. The Morgan fingerprint density at radius 1 is 1.18 bits per heavy atom. The lowest BCUT2D eigenvalue weighted by Gasteiger charge is -2.13. The third-order valence-electron chi connectivity index (χ3n) is 3.05. The number of hydrogen-bond donors (Lipinski definition) is 1. The van der Waals surface area contributed by atoms with E-state index >= 15 is 0 Å². The van der Waals surface area contributed by atoms with Crippen LogP contribution in [0.2, 0.25) is 0 Å². The minimum atomic E-state index is 0.0506. The molecule has 0 fully saturated rings. The molecule has 2 aromatic heterocycles. The van der Waals surface area contributed by atoms with E-state index in [1.165, 1.54) is 0 Å². The molecule has 0 aliphatic rings. The summed E-state index contributed by atoms with van der Waals surface area (Å²) in [5, 5.41) is 16.9. The van der Waals surface area contributed by atoms with Gasteiger partial charge in [-0.25, -0.2) is 4.98 Å². The number of aromatic amines is 1. The smallest absolute Gasteiger partial charge is 0.204 e. The molecule has 0 atom stereocenters. The van der Waals surface area contributed by atoms with Gasteiger partial charge in [0.05, 0.1) is 5.69 Å². The number of rotatable bonds is 1. The van der Waals surface area contributed by atoms with Gasteiger partial charge in [-0.2, -0.15) is 5.21 Å². The molecule has 1 aromatic carbocycles. The SMILES string of the molecule is CC(C)(C)c1csc(C#Cc2cccc(-c3nn[nH]n3)c2)n1. The Bertz CT molecular complexity index is 831. The summed E-state index contributed by atoms with van der Waals surface area (Å²) in [6, 6.07) is 7.75. The number of thiazole rings is 1. The van der Waals surface area contributed by atoms with Crippen LogP contribution in [0.3, 0.4) is 0 Å². The number of H-pyrrole nitrogens is 1. The van der Waals surface area contributed by atoms with E-state index in [9.17, 15) is 0 Å². The first-order valence-electron chi connectivity index (χ1n) is 6.84. The molecule has 1 N–H and O–H groups in total. The minimum Gasteiger partial charge on any atom is -0.232 e. The molecule has 110 valence electrons. The monoisotopic (exact) mass is 309 g/mol. The van der Waals surface area contributed by atoms with Gasteiger partial charge in [-0.05, 0) is 23.3 Å². The van der Waals surface area contributed by atoms with Crippen molar-refractivity contribution in [1.29, 1.82) is 0 Å². The van der Waals surface area contributed by atoms with E-state index in [2.05, 4.69) is 63.6 Å². The van der Waals surface area contributed by atoms with Crippen molar-refractivity contribution in [1.82, 2.24) is 25.6 Å². The Labute approximate surface area is 132 Å². The van der Waals surface area contributed by atoms with Crippen molar-refractivity contribution in [2.45, 2.75) is 26.2 Å². The number of aromatic nitrogens is 5. The zero-order chi connectivity index (χ0) is 15.6. The summed E-state index contributed by atoms with van der Waals surface area (Å²) in [7, 11) is 0. The zero-order valence-electron chi connectivity index (χ0n) is 12.6. The fourth-order valence-corrected chi connectivity index (χ4v) is 2.71. The van der Waals surface area contributed by atoms with E-state index < -0.39 is 0 Å². The summed E-state index contributed by atoms with van der Waals surface area (Å²) in [5.74, 6) is 6.82. The Balaban J connectivity index is 1.85. The molecule has 0 radical (unpaired) electrons. The van der Waals surface area contributed by atoms with E-state index in [1.807, 2.05) is 24.3 Å². The molecule has 0 amide bonds. The highest BCUT2D eigenvalue weighted by Gasteiger charge is 2.16.